The Labute approximate surface area is 119 Å². The average Bonchev–Trinajstić information content (AvgIpc) is 2.40. The maximum absolute atomic E-state index is 13.6. The lowest BCUT2D eigenvalue weighted by Gasteiger charge is -2.47. The first-order valence-electron chi connectivity index (χ1n) is 7.42. The zero-order valence-electron chi connectivity index (χ0n) is 11.8. The van der Waals surface area contributed by atoms with Gasteiger partial charge >= 0.3 is 0 Å². The topological polar surface area (TPSA) is 32.3 Å². The number of carbonyl (C=O) groups is 1. The van der Waals surface area contributed by atoms with Crippen LogP contribution in [0.2, 0.25) is 0 Å². The number of hydrogen-bond acceptors (Lipinski definition) is 2. The largest absolute Gasteiger partial charge is 0.349 e. The van der Waals surface area contributed by atoms with Gasteiger partial charge in [0.15, 0.2) is 0 Å². The molecule has 2 bridgehead atoms. The van der Waals surface area contributed by atoms with Crippen molar-refractivity contribution in [1.29, 1.82) is 0 Å². The number of rotatable bonds is 2. The van der Waals surface area contributed by atoms with E-state index >= 15 is 0 Å². The lowest BCUT2D eigenvalue weighted by molar-refractivity contribution is 0.0462. The summed E-state index contributed by atoms with van der Waals surface area (Å²) in [6.07, 6.45) is 5.66. The van der Waals surface area contributed by atoms with Gasteiger partial charge in [-0.3, -0.25) is 4.79 Å². The van der Waals surface area contributed by atoms with Crippen LogP contribution in [0.25, 0.3) is 0 Å². The van der Waals surface area contributed by atoms with E-state index in [1.54, 1.807) is 18.2 Å². The van der Waals surface area contributed by atoms with Crippen LogP contribution in [0.3, 0.4) is 0 Å². The van der Waals surface area contributed by atoms with Gasteiger partial charge in [-0.25, -0.2) is 4.39 Å². The van der Waals surface area contributed by atoms with E-state index < -0.39 is 5.82 Å². The second-order valence-corrected chi connectivity index (χ2v) is 6.03. The van der Waals surface area contributed by atoms with Crippen molar-refractivity contribution in [2.24, 2.45) is 0 Å². The molecule has 0 aromatic heterocycles. The van der Waals surface area contributed by atoms with Gasteiger partial charge in [0.25, 0.3) is 5.91 Å². The molecule has 20 heavy (non-hydrogen) atoms. The van der Waals surface area contributed by atoms with Crippen molar-refractivity contribution in [2.45, 2.75) is 50.2 Å². The number of nitrogens with zero attached hydrogens (tertiary/aromatic N) is 1. The Bertz CT molecular complexity index is 491. The zero-order valence-corrected chi connectivity index (χ0v) is 11.8. The average molecular weight is 276 g/mol. The normalized spacial score (nSPS) is 30.0. The fourth-order valence-electron chi connectivity index (χ4n) is 3.64. The second-order valence-electron chi connectivity index (χ2n) is 6.03. The lowest BCUT2D eigenvalue weighted by atomic mass is 9.82. The standard InChI is InChI=1S/C16H21FN2O/c1-19-12-5-4-6-13(19)10-11(9-12)18-16(20)14-7-2-3-8-15(14)17/h2-3,7-8,11-13H,4-6,9-10H2,1H3,(H,18,20). The van der Waals surface area contributed by atoms with E-state index in [-0.39, 0.29) is 17.5 Å². The molecule has 1 amide bonds. The van der Waals surface area contributed by atoms with Crippen LogP contribution < -0.4 is 5.32 Å². The Balaban J connectivity index is 1.67. The summed E-state index contributed by atoms with van der Waals surface area (Å²) in [5, 5.41) is 3.02. The molecule has 1 aromatic carbocycles. The van der Waals surface area contributed by atoms with Gasteiger partial charge in [0.05, 0.1) is 5.56 Å². The van der Waals surface area contributed by atoms with Crippen molar-refractivity contribution in [3.05, 3.63) is 35.6 Å². The van der Waals surface area contributed by atoms with E-state index in [1.165, 1.54) is 25.3 Å². The van der Waals surface area contributed by atoms with Gasteiger partial charge < -0.3 is 10.2 Å². The summed E-state index contributed by atoms with van der Waals surface area (Å²) >= 11 is 0. The van der Waals surface area contributed by atoms with Gasteiger partial charge in [-0.15, -0.1) is 0 Å². The molecule has 3 nitrogen and oxygen atoms in total. The minimum absolute atomic E-state index is 0.150. The van der Waals surface area contributed by atoms with Crippen molar-refractivity contribution >= 4 is 5.91 Å². The van der Waals surface area contributed by atoms with E-state index in [0.29, 0.717) is 12.1 Å². The molecule has 2 aliphatic rings. The van der Waals surface area contributed by atoms with Crippen LogP contribution in [-0.2, 0) is 0 Å². The van der Waals surface area contributed by atoms with Crippen LogP contribution in [0, 0.1) is 5.82 Å². The molecule has 2 aliphatic heterocycles. The molecule has 2 unspecified atom stereocenters. The Hall–Kier alpha value is -1.42. The summed E-state index contributed by atoms with van der Waals surface area (Å²) in [5.74, 6) is -0.728. The molecular weight excluding hydrogens is 255 g/mol. The summed E-state index contributed by atoms with van der Waals surface area (Å²) < 4.78 is 13.6. The van der Waals surface area contributed by atoms with Gasteiger partial charge in [-0.05, 0) is 44.9 Å². The molecule has 1 N–H and O–H groups in total. The number of fused-ring (bicyclic) bond motifs is 2. The first-order valence-corrected chi connectivity index (χ1v) is 7.42. The van der Waals surface area contributed by atoms with Crippen molar-refractivity contribution in [2.75, 3.05) is 7.05 Å². The molecule has 4 heteroatoms. The van der Waals surface area contributed by atoms with Crippen LogP contribution in [0.4, 0.5) is 4.39 Å². The fraction of sp³-hybridized carbons (Fsp3) is 0.562. The minimum atomic E-state index is -0.446. The first-order chi connectivity index (χ1) is 9.65. The molecule has 0 aliphatic carbocycles. The van der Waals surface area contributed by atoms with Crippen molar-refractivity contribution < 1.29 is 9.18 Å². The molecule has 1 aromatic rings. The van der Waals surface area contributed by atoms with Crippen molar-refractivity contribution in [3.63, 3.8) is 0 Å². The Kier molecular flexibility index (Phi) is 3.74. The quantitative estimate of drug-likeness (QED) is 0.900. The van der Waals surface area contributed by atoms with Crippen LogP contribution in [-0.4, -0.2) is 36.0 Å². The summed E-state index contributed by atoms with van der Waals surface area (Å²) in [6.45, 7) is 0. The molecule has 0 spiro atoms. The maximum atomic E-state index is 13.6. The van der Waals surface area contributed by atoms with E-state index in [1.807, 2.05) is 0 Å². The summed E-state index contributed by atoms with van der Waals surface area (Å²) in [4.78, 5) is 14.6. The molecular formula is C16H21FN2O. The Morgan fingerprint density at radius 1 is 1.25 bits per heavy atom. The molecule has 2 saturated heterocycles. The van der Waals surface area contributed by atoms with Crippen molar-refractivity contribution in [3.8, 4) is 0 Å². The monoisotopic (exact) mass is 276 g/mol. The van der Waals surface area contributed by atoms with Gasteiger partial charge in [-0.1, -0.05) is 18.6 Å². The SMILES string of the molecule is CN1C2CCCC1CC(NC(=O)c1ccccc1F)C2. The molecule has 3 rings (SSSR count). The Morgan fingerprint density at radius 3 is 2.55 bits per heavy atom. The third-order valence-electron chi connectivity index (χ3n) is 4.79. The molecule has 2 fully saturated rings. The van der Waals surface area contributed by atoms with E-state index in [4.69, 9.17) is 0 Å². The molecule has 2 heterocycles. The van der Waals surface area contributed by atoms with Gasteiger partial charge in [0, 0.05) is 18.1 Å². The molecule has 108 valence electrons. The first kappa shape index (κ1) is 13.6. The highest BCUT2D eigenvalue weighted by atomic mass is 19.1. The highest BCUT2D eigenvalue weighted by Gasteiger charge is 2.36. The highest BCUT2D eigenvalue weighted by Crippen LogP contribution is 2.32. The number of hydrogen-bond donors (Lipinski definition) is 1. The maximum Gasteiger partial charge on any atom is 0.254 e. The smallest absolute Gasteiger partial charge is 0.254 e. The van der Waals surface area contributed by atoms with Gasteiger partial charge in [-0.2, -0.15) is 0 Å². The lowest BCUT2D eigenvalue weighted by Crippen LogP contribution is -2.55. The van der Waals surface area contributed by atoms with Gasteiger partial charge in [0.1, 0.15) is 5.82 Å². The van der Waals surface area contributed by atoms with E-state index in [9.17, 15) is 9.18 Å². The van der Waals surface area contributed by atoms with E-state index in [2.05, 4.69) is 17.3 Å². The van der Waals surface area contributed by atoms with E-state index in [0.717, 1.165) is 12.8 Å². The van der Waals surface area contributed by atoms with Crippen LogP contribution in [0.15, 0.2) is 24.3 Å². The fourth-order valence-corrected chi connectivity index (χ4v) is 3.64. The molecule has 0 saturated carbocycles. The third kappa shape index (κ3) is 2.57. The number of amides is 1. The van der Waals surface area contributed by atoms with Crippen molar-refractivity contribution in [1.82, 2.24) is 10.2 Å². The number of carbonyl (C=O) groups excluding carboxylic acids is 1. The van der Waals surface area contributed by atoms with Crippen LogP contribution in [0.5, 0.6) is 0 Å². The second kappa shape index (κ2) is 5.52. The predicted molar refractivity (Wildman–Crippen MR) is 76.1 cm³/mol. The number of benzene rings is 1. The summed E-state index contributed by atoms with van der Waals surface area (Å²) in [5.41, 5.74) is 0.150. The van der Waals surface area contributed by atoms with Gasteiger partial charge in [0.2, 0.25) is 0 Å². The Morgan fingerprint density at radius 2 is 1.90 bits per heavy atom. The van der Waals surface area contributed by atoms with Crippen LogP contribution >= 0.6 is 0 Å². The summed E-state index contributed by atoms with van der Waals surface area (Å²) in [6, 6.07) is 7.47. The number of piperidine rings is 2. The zero-order chi connectivity index (χ0) is 14.1. The summed E-state index contributed by atoms with van der Waals surface area (Å²) in [7, 11) is 2.18. The minimum Gasteiger partial charge on any atom is -0.349 e. The number of halogens is 1. The highest BCUT2D eigenvalue weighted by molar-refractivity contribution is 5.94. The number of nitrogens with one attached hydrogen (secondary N) is 1. The third-order valence-corrected chi connectivity index (χ3v) is 4.79. The molecule has 2 atom stereocenters. The predicted octanol–water partition coefficient (Wildman–Crippen LogP) is 2.57. The van der Waals surface area contributed by atoms with Crippen LogP contribution in [0.1, 0.15) is 42.5 Å². The molecule has 0 radical (unpaired) electrons.